The molecule has 2 aromatic carbocycles. The Labute approximate surface area is 174 Å². The predicted molar refractivity (Wildman–Crippen MR) is 109 cm³/mol. The molecule has 1 saturated heterocycles. The molecule has 1 atom stereocenters. The van der Waals surface area contributed by atoms with E-state index in [2.05, 4.69) is 5.32 Å². The molecule has 1 aliphatic rings. The molecule has 0 spiro atoms. The van der Waals surface area contributed by atoms with Crippen LogP contribution in [0.5, 0.6) is 5.75 Å². The van der Waals surface area contributed by atoms with E-state index in [1.165, 1.54) is 0 Å². The molecule has 0 bridgehead atoms. The molecule has 1 fully saturated rings. The molecule has 0 aliphatic carbocycles. The van der Waals surface area contributed by atoms with Crippen molar-refractivity contribution in [3.63, 3.8) is 0 Å². The van der Waals surface area contributed by atoms with E-state index in [1.54, 1.807) is 26.2 Å². The maximum Gasteiger partial charge on any atom is 0.334 e. The van der Waals surface area contributed by atoms with Gasteiger partial charge in [0.2, 0.25) is 5.91 Å². The number of nitrogens with zero attached hydrogens (tertiary/aromatic N) is 2. The summed E-state index contributed by atoms with van der Waals surface area (Å²) in [6.07, 6.45) is 0.526. The van der Waals surface area contributed by atoms with Gasteiger partial charge in [0, 0.05) is 6.54 Å². The highest BCUT2D eigenvalue weighted by Gasteiger charge is 2.44. The summed E-state index contributed by atoms with van der Waals surface area (Å²) in [7, 11) is 1.57. The quantitative estimate of drug-likeness (QED) is 0.532. The number of benzene rings is 2. The van der Waals surface area contributed by atoms with E-state index in [1.807, 2.05) is 42.5 Å². The van der Waals surface area contributed by atoms with Gasteiger partial charge in [0.05, 0.1) is 13.2 Å². The second kappa shape index (κ2) is 9.21. The molecule has 0 saturated carbocycles. The molecule has 8 nitrogen and oxygen atoms in total. The smallest absolute Gasteiger partial charge is 0.334 e. The van der Waals surface area contributed by atoms with Crippen LogP contribution in [-0.2, 0) is 14.4 Å². The third-order valence-corrected chi connectivity index (χ3v) is 4.77. The highest BCUT2D eigenvalue weighted by atomic mass is 16.5. The number of carbonyl (C=O) groups excluding carboxylic acids is 4. The summed E-state index contributed by atoms with van der Waals surface area (Å²) in [5.74, 6) is -1.75. The first-order valence-electron chi connectivity index (χ1n) is 9.61. The zero-order valence-corrected chi connectivity index (χ0v) is 16.8. The SMILES string of the molecule is CCCN1C(=O)C(=O)N(CC(=O)N[C@@H](c2ccccc2)c2ccc(OC)cc2)C1=O. The van der Waals surface area contributed by atoms with Gasteiger partial charge in [-0.3, -0.25) is 19.3 Å². The lowest BCUT2D eigenvalue weighted by Gasteiger charge is -2.22. The fourth-order valence-electron chi connectivity index (χ4n) is 3.26. The Hall–Kier alpha value is -3.68. The number of nitrogens with one attached hydrogen (secondary N) is 1. The molecule has 1 aliphatic heterocycles. The standard InChI is InChI=1S/C22H23N3O5/c1-3-13-24-20(27)21(28)25(22(24)29)14-18(26)23-19(15-7-5-4-6-8-15)16-9-11-17(30-2)12-10-16/h4-12,19H,3,13-14H2,1-2H3,(H,23,26)/t19-/m0/s1. The largest absolute Gasteiger partial charge is 0.497 e. The molecule has 3 rings (SSSR count). The van der Waals surface area contributed by atoms with Gasteiger partial charge in [-0.05, 0) is 29.7 Å². The molecule has 30 heavy (non-hydrogen) atoms. The molecule has 0 radical (unpaired) electrons. The third kappa shape index (κ3) is 4.32. The lowest BCUT2D eigenvalue weighted by atomic mass is 9.98. The highest BCUT2D eigenvalue weighted by molar-refractivity contribution is 6.45. The van der Waals surface area contributed by atoms with Crippen LogP contribution >= 0.6 is 0 Å². The number of rotatable bonds is 8. The average molecular weight is 409 g/mol. The van der Waals surface area contributed by atoms with Gasteiger partial charge in [-0.1, -0.05) is 49.4 Å². The van der Waals surface area contributed by atoms with E-state index >= 15 is 0 Å². The minimum absolute atomic E-state index is 0.139. The van der Waals surface area contributed by atoms with Crippen LogP contribution in [0.3, 0.4) is 0 Å². The first-order valence-corrected chi connectivity index (χ1v) is 9.61. The van der Waals surface area contributed by atoms with E-state index in [0.717, 1.165) is 16.0 Å². The molecule has 1 heterocycles. The van der Waals surface area contributed by atoms with Crippen molar-refractivity contribution in [2.45, 2.75) is 19.4 Å². The predicted octanol–water partition coefficient (Wildman–Crippen LogP) is 2.10. The summed E-state index contributed by atoms with van der Waals surface area (Å²) >= 11 is 0. The number of amides is 5. The normalized spacial score (nSPS) is 14.8. The number of ether oxygens (including phenoxy) is 1. The Kier molecular flexibility index (Phi) is 6.46. The van der Waals surface area contributed by atoms with Crippen molar-refractivity contribution in [3.05, 3.63) is 65.7 Å². The Morgan fingerprint density at radius 2 is 1.53 bits per heavy atom. The Bertz CT molecular complexity index is 943. The van der Waals surface area contributed by atoms with Gasteiger partial charge in [0.15, 0.2) is 0 Å². The van der Waals surface area contributed by atoms with Gasteiger partial charge in [-0.15, -0.1) is 0 Å². The maximum atomic E-state index is 12.7. The van der Waals surface area contributed by atoms with Crippen LogP contribution in [0.1, 0.15) is 30.5 Å². The second-order valence-electron chi connectivity index (χ2n) is 6.82. The first kappa shape index (κ1) is 21.0. The van der Waals surface area contributed by atoms with Crippen LogP contribution in [0.4, 0.5) is 4.79 Å². The van der Waals surface area contributed by atoms with Crippen molar-refractivity contribution in [3.8, 4) is 5.75 Å². The lowest BCUT2D eigenvalue weighted by molar-refractivity contribution is -0.144. The fraction of sp³-hybridized carbons (Fsp3) is 0.273. The summed E-state index contributed by atoms with van der Waals surface area (Å²) in [4.78, 5) is 50.8. The van der Waals surface area contributed by atoms with Crippen LogP contribution in [0.25, 0.3) is 0 Å². The van der Waals surface area contributed by atoms with Gasteiger partial charge in [-0.2, -0.15) is 0 Å². The van der Waals surface area contributed by atoms with E-state index in [4.69, 9.17) is 4.74 Å². The number of carbonyl (C=O) groups is 4. The second-order valence-corrected chi connectivity index (χ2v) is 6.82. The van der Waals surface area contributed by atoms with Gasteiger partial charge in [-0.25, -0.2) is 9.69 Å². The fourth-order valence-corrected chi connectivity index (χ4v) is 3.26. The minimum Gasteiger partial charge on any atom is -0.497 e. The first-order chi connectivity index (χ1) is 14.5. The number of imide groups is 2. The Morgan fingerprint density at radius 1 is 0.933 bits per heavy atom. The summed E-state index contributed by atoms with van der Waals surface area (Å²) in [6.45, 7) is 1.41. The Morgan fingerprint density at radius 3 is 2.13 bits per heavy atom. The molecule has 1 N–H and O–H groups in total. The average Bonchev–Trinajstić information content (AvgIpc) is 2.97. The van der Waals surface area contributed by atoms with Crippen LogP contribution in [-0.4, -0.2) is 53.8 Å². The maximum absolute atomic E-state index is 12.7. The van der Waals surface area contributed by atoms with Gasteiger partial charge >= 0.3 is 17.8 Å². The zero-order valence-electron chi connectivity index (χ0n) is 16.8. The number of urea groups is 1. The van der Waals surface area contributed by atoms with Gasteiger partial charge < -0.3 is 10.1 Å². The Balaban J connectivity index is 1.79. The summed E-state index contributed by atoms with van der Waals surface area (Å²) in [5, 5.41) is 2.86. The molecule has 0 aromatic heterocycles. The van der Waals surface area contributed by atoms with Crippen molar-refractivity contribution in [1.82, 2.24) is 15.1 Å². The van der Waals surface area contributed by atoms with E-state index in [0.29, 0.717) is 17.1 Å². The number of hydrogen-bond acceptors (Lipinski definition) is 5. The van der Waals surface area contributed by atoms with Crippen LogP contribution in [0, 0.1) is 0 Å². The van der Waals surface area contributed by atoms with Gasteiger partial charge in [0.25, 0.3) is 0 Å². The molecule has 156 valence electrons. The van der Waals surface area contributed by atoms with Gasteiger partial charge in [0.1, 0.15) is 12.3 Å². The zero-order chi connectivity index (χ0) is 21.7. The van der Waals surface area contributed by atoms with Crippen molar-refractivity contribution in [2.75, 3.05) is 20.2 Å². The summed E-state index contributed by atoms with van der Waals surface area (Å²) in [5.41, 5.74) is 1.64. The number of hydrogen-bond donors (Lipinski definition) is 1. The van der Waals surface area contributed by atoms with E-state index in [9.17, 15) is 19.2 Å². The topological polar surface area (TPSA) is 96.0 Å². The third-order valence-electron chi connectivity index (χ3n) is 4.77. The monoisotopic (exact) mass is 409 g/mol. The summed E-state index contributed by atoms with van der Waals surface area (Å²) < 4.78 is 5.18. The molecule has 0 unspecified atom stereocenters. The van der Waals surface area contributed by atoms with Crippen LogP contribution < -0.4 is 10.1 Å². The van der Waals surface area contributed by atoms with Crippen molar-refractivity contribution in [2.24, 2.45) is 0 Å². The van der Waals surface area contributed by atoms with E-state index in [-0.39, 0.29) is 6.54 Å². The molecule has 2 aromatic rings. The summed E-state index contributed by atoms with van der Waals surface area (Å²) in [6, 6.07) is 15.3. The molecule has 5 amide bonds. The highest BCUT2D eigenvalue weighted by Crippen LogP contribution is 2.24. The van der Waals surface area contributed by atoms with Crippen molar-refractivity contribution in [1.29, 1.82) is 0 Å². The molecular formula is C22H23N3O5. The number of methoxy groups -OCH3 is 1. The minimum atomic E-state index is -0.982. The molecular weight excluding hydrogens is 386 g/mol. The van der Waals surface area contributed by atoms with Crippen molar-refractivity contribution >= 4 is 23.8 Å². The van der Waals surface area contributed by atoms with Crippen LogP contribution in [0.15, 0.2) is 54.6 Å². The van der Waals surface area contributed by atoms with Crippen LogP contribution in [0.2, 0.25) is 0 Å². The van der Waals surface area contributed by atoms with E-state index < -0.39 is 36.3 Å². The van der Waals surface area contributed by atoms with Crippen molar-refractivity contribution < 1.29 is 23.9 Å². The lowest BCUT2D eigenvalue weighted by Crippen LogP contribution is -2.42. The molecule has 8 heteroatoms.